The van der Waals surface area contributed by atoms with E-state index in [-0.39, 0.29) is 5.92 Å². The van der Waals surface area contributed by atoms with Gasteiger partial charge in [-0.2, -0.15) is 0 Å². The molecule has 6 heteroatoms. The van der Waals surface area contributed by atoms with Crippen LogP contribution < -0.4 is 9.80 Å². The predicted molar refractivity (Wildman–Crippen MR) is 137 cm³/mol. The normalized spacial score (nSPS) is 17.2. The first-order chi connectivity index (χ1) is 16.6. The van der Waals surface area contributed by atoms with Gasteiger partial charge in [0, 0.05) is 56.4 Å². The summed E-state index contributed by atoms with van der Waals surface area (Å²) in [6.45, 7) is 9.32. The quantitative estimate of drug-likeness (QED) is 0.586. The van der Waals surface area contributed by atoms with Crippen molar-refractivity contribution >= 4 is 17.4 Å². The Morgan fingerprint density at radius 2 is 1.56 bits per heavy atom. The molecule has 6 nitrogen and oxygen atoms in total. The van der Waals surface area contributed by atoms with E-state index in [1.807, 2.05) is 12.1 Å². The summed E-state index contributed by atoms with van der Waals surface area (Å²) in [6, 6.07) is 21.0. The molecular formula is C28H33N5O. The molecule has 3 aromatic rings. The molecule has 34 heavy (non-hydrogen) atoms. The van der Waals surface area contributed by atoms with Gasteiger partial charge in [-0.25, -0.2) is 0 Å². The van der Waals surface area contributed by atoms with Gasteiger partial charge in [-0.1, -0.05) is 36.4 Å². The summed E-state index contributed by atoms with van der Waals surface area (Å²) in [5, 5.41) is 8.98. The maximum atomic E-state index is 13.2. The van der Waals surface area contributed by atoms with Crippen molar-refractivity contribution in [2.24, 2.45) is 5.92 Å². The fourth-order valence-corrected chi connectivity index (χ4v) is 5.12. The maximum absolute atomic E-state index is 13.2. The topological polar surface area (TPSA) is 52.6 Å². The summed E-state index contributed by atoms with van der Waals surface area (Å²) in [7, 11) is 0. The number of aryl methyl sites for hydroxylation is 2. The minimum atomic E-state index is 0.112. The molecule has 0 bridgehead atoms. The standard InChI is InChI=1S/C28H33N5O/c1-21-6-5-8-24(20-21)31-16-18-33(19-17-31)28(34)23-12-14-32(15-13-23)27-11-10-26(29-30-27)25-9-4-3-7-22(25)2/h3-11,20,23H,12-19H2,1-2H3. The third-order valence-corrected chi connectivity index (χ3v) is 7.20. The molecule has 2 saturated heterocycles. The van der Waals surface area contributed by atoms with E-state index in [2.05, 4.69) is 87.3 Å². The van der Waals surface area contributed by atoms with E-state index in [1.54, 1.807) is 0 Å². The summed E-state index contributed by atoms with van der Waals surface area (Å²) in [4.78, 5) is 19.9. The molecule has 2 aliphatic rings. The van der Waals surface area contributed by atoms with Crippen LogP contribution in [0, 0.1) is 19.8 Å². The summed E-state index contributed by atoms with van der Waals surface area (Å²) < 4.78 is 0. The van der Waals surface area contributed by atoms with Crippen LogP contribution in [0.2, 0.25) is 0 Å². The zero-order valence-corrected chi connectivity index (χ0v) is 20.2. The molecule has 0 atom stereocenters. The van der Waals surface area contributed by atoms with Crippen LogP contribution in [-0.4, -0.2) is 60.3 Å². The molecule has 1 aromatic heterocycles. The van der Waals surface area contributed by atoms with Crippen LogP contribution in [0.5, 0.6) is 0 Å². The molecule has 176 valence electrons. The number of aromatic nitrogens is 2. The second-order valence-electron chi connectivity index (χ2n) is 9.50. The van der Waals surface area contributed by atoms with Gasteiger partial charge in [0.2, 0.25) is 5.91 Å². The van der Waals surface area contributed by atoms with Crippen molar-refractivity contribution in [3.8, 4) is 11.3 Å². The Morgan fingerprint density at radius 1 is 0.794 bits per heavy atom. The Balaban J connectivity index is 1.13. The molecule has 1 amide bonds. The Kier molecular flexibility index (Phi) is 6.48. The van der Waals surface area contributed by atoms with Gasteiger partial charge >= 0.3 is 0 Å². The van der Waals surface area contributed by atoms with Crippen molar-refractivity contribution in [3.63, 3.8) is 0 Å². The number of piperidine rings is 1. The average Bonchev–Trinajstić information content (AvgIpc) is 2.89. The minimum Gasteiger partial charge on any atom is -0.368 e. The Hall–Kier alpha value is -3.41. The first kappa shape index (κ1) is 22.4. The Morgan fingerprint density at radius 3 is 2.24 bits per heavy atom. The van der Waals surface area contributed by atoms with Crippen LogP contribution in [-0.2, 0) is 4.79 Å². The van der Waals surface area contributed by atoms with Gasteiger partial charge in [-0.15, -0.1) is 10.2 Å². The third-order valence-electron chi connectivity index (χ3n) is 7.20. The van der Waals surface area contributed by atoms with Gasteiger partial charge in [0.1, 0.15) is 0 Å². The van der Waals surface area contributed by atoms with E-state index in [0.717, 1.165) is 69.2 Å². The molecular weight excluding hydrogens is 422 g/mol. The maximum Gasteiger partial charge on any atom is 0.225 e. The van der Waals surface area contributed by atoms with Crippen LogP contribution >= 0.6 is 0 Å². The number of benzene rings is 2. The number of carbonyl (C=O) groups excluding carboxylic acids is 1. The smallest absolute Gasteiger partial charge is 0.225 e. The molecule has 2 fully saturated rings. The van der Waals surface area contributed by atoms with Crippen LogP contribution in [0.25, 0.3) is 11.3 Å². The number of hydrogen-bond acceptors (Lipinski definition) is 5. The average molecular weight is 456 g/mol. The highest BCUT2D eigenvalue weighted by atomic mass is 16.2. The van der Waals surface area contributed by atoms with E-state index in [9.17, 15) is 4.79 Å². The number of nitrogens with zero attached hydrogens (tertiary/aromatic N) is 5. The highest BCUT2D eigenvalue weighted by molar-refractivity contribution is 5.79. The van der Waals surface area contributed by atoms with Crippen molar-refractivity contribution in [1.82, 2.24) is 15.1 Å². The van der Waals surface area contributed by atoms with E-state index in [1.165, 1.54) is 16.8 Å². The molecule has 5 rings (SSSR count). The SMILES string of the molecule is Cc1cccc(N2CCN(C(=O)C3CCN(c4ccc(-c5ccccc5C)nn4)CC3)CC2)c1. The van der Waals surface area contributed by atoms with Crippen LogP contribution in [0.4, 0.5) is 11.5 Å². The van der Waals surface area contributed by atoms with Crippen molar-refractivity contribution in [3.05, 3.63) is 71.8 Å². The number of hydrogen-bond donors (Lipinski definition) is 0. The molecule has 0 aliphatic carbocycles. The fraction of sp³-hybridized carbons (Fsp3) is 0.393. The van der Waals surface area contributed by atoms with Gasteiger partial charge in [-0.3, -0.25) is 4.79 Å². The molecule has 0 N–H and O–H groups in total. The number of anilines is 2. The summed E-state index contributed by atoms with van der Waals surface area (Å²) in [6.07, 6.45) is 1.75. The third kappa shape index (κ3) is 4.76. The summed E-state index contributed by atoms with van der Waals surface area (Å²) >= 11 is 0. The van der Waals surface area contributed by atoms with E-state index < -0.39 is 0 Å². The van der Waals surface area contributed by atoms with E-state index in [4.69, 9.17) is 0 Å². The van der Waals surface area contributed by atoms with Crippen LogP contribution in [0.1, 0.15) is 24.0 Å². The zero-order chi connectivity index (χ0) is 23.5. The summed E-state index contributed by atoms with van der Waals surface area (Å²) in [5.74, 6) is 1.33. The highest BCUT2D eigenvalue weighted by Crippen LogP contribution is 2.26. The molecule has 0 spiro atoms. The number of piperazine rings is 1. The van der Waals surface area contributed by atoms with Gasteiger partial charge in [0.15, 0.2) is 5.82 Å². The van der Waals surface area contributed by atoms with Gasteiger partial charge in [0.05, 0.1) is 5.69 Å². The predicted octanol–water partition coefficient (Wildman–Crippen LogP) is 4.33. The lowest BCUT2D eigenvalue weighted by Gasteiger charge is -2.39. The molecule has 0 saturated carbocycles. The van der Waals surface area contributed by atoms with Crippen LogP contribution in [0.15, 0.2) is 60.7 Å². The lowest BCUT2D eigenvalue weighted by Crippen LogP contribution is -2.51. The van der Waals surface area contributed by atoms with Crippen molar-refractivity contribution in [2.75, 3.05) is 49.1 Å². The molecule has 3 heterocycles. The number of carbonyl (C=O) groups is 1. The molecule has 0 unspecified atom stereocenters. The number of amides is 1. The highest BCUT2D eigenvalue weighted by Gasteiger charge is 2.31. The Bertz CT molecular complexity index is 1130. The van der Waals surface area contributed by atoms with E-state index in [0.29, 0.717) is 5.91 Å². The summed E-state index contributed by atoms with van der Waals surface area (Å²) in [5.41, 5.74) is 5.75. The molecule has 2 aromatic carbocycles. The van der Waals surface area contributed by atoms with Crippen molar-refractivity contribution < 1.29 is 4.79 Å². The zero-order valence-electron chi connectivity index (χ0n) is 20.2. The first-order valence-electron chi connectivity index (χ1n) is 12.3. The Labute approximate surface area is 202 Å². The lowest BCUT2D eigenvalue weighted by atomic mass is 9.95. The van der Waals surface area contributed by atoms with Crippen LogP contribution in [0.3, 0.4) is 0 Å². The van der Waals surface area contributed by atoms with Gasteiger partial charge < -0.3 is 14.7 Å². The van der Waals surface area contributed by atoms with E-state index >= 15 is 0 Å². The number of rotatable bonds is 4. The molecule has 2 aliphatic heterocycles. The largest absolute Gasteiger partial charge is 0.368 e. The van der Waals surface area contributed by atoms with Gasteiger partial charge in [-0.05, 0) is 62.1 Å². The lowest BCUT2D eigenvalue weighted by molar-refractivity contribution is -0.136. The molecule has 0 radical (unpaired) electrons. The fourth-order valence-electron chi connectivity index (χ4n) is 5.12. The second kappa shape index (κ2) is 9.84. The first-order valence-corrected chi connectivity index (χ1v) is 12.3. The van der Waals surface area contributed by atoms with Crippen molar-refractivity contribution in [1.29, 1.82) is 0 Å². The second-order valence-corrected chi connectivity index (χ2v) is 9.50. The van der Waals surface area contributed by atoms with Gasteiger partial charge in [0.25, 0.3) is 0 Å². The monoisotopic (exact) mass is 455 g/mol. The van der Waals surface area contributed by atoms with Crippen molar-refractivity contribution in [2.45, 2.75) is 26.7 Å². The minimum absolute atomic E-state index is 0.112.